The number of anilines is 1. The molecule has 4 nitrogen and oxygen atoms in total. The molecule has 0 aliphatic rings. The summed E-state index contributed by atoms with van der Waals surface area (Å²) in [7, 11) is -3.68. The van der Waals surface area contributed by atoms with E-state index in [1.54, 1.807) is 12.1 Å². The summed E-state index contributed by atoms with van der Waals surface area (Å²) in [4.78, 5) is 0.126. The zero-order valence-electron chi connectivity index (χ0n) is 11.8. The predicted molar refractivity (Wildman–Crippen MR) is 88.7 cm³/mol. The van der Waals surface area contributed by atoms with Crippen LogP contribution in [0.25, 0.3) is 0 Å². The van der Waals surface area contributed by atoms with Gasteiger partial charge in [-0.25, -0.2) is 13.6 Å². The third-order valence-electron chi connectivity index (χ3n) is 3.23. The van der Waals surface area contributed by atoms with Gasteiger partial charge < -0.3 is 5.32 Å². The molecule has 0 spiro atoms. The maximum Gasteiger partial charge on any atom is 0.238 e. The van der Waals surface area contributed by atoms with E-state index in [0.29, 0.717) is 0 Å². The van der Waals surface area contributed by atoms with Gasteiger partial charge in [0.25, 0.3) is 0 Å². The Morgan fingerprint density at radius 2 is 1.90 bits per heavy atom. The lowest BCUT2D eigenvalue weighted by molar-refractivity contribution is 0.597. The number of nitrogens with one attached hydrogen (secondary N) is 1. The Bertz CT molecular complexity index is 760. The first-order chi connectivity index (χ1) is 9.77. The molecule has 112 valence electrons. The summed E-state index contributed by atoms with van der Waals surface area (Å²) in [6, 6.07) is 12.6. The molecule has 21 heavy (non-hydrogen) atoms. The van der Waals surface area contributed by atoms with Gasteiger partial charge in [0.15, 0.2) is 0 Å². The third-order valence-corrected chi connectivity index (χ3v) is 5.03. The van der Waals surface area contributed by atoms with Crippen molar-refractivity contribution in [3.05, 3.63) is 58.1 Å². The van der Waals surface area contributed by atoms with Gasteiger partial charge in [0.05, 0.1) is 4.90 Å². The van der Waals surface area contributed by atoms with Crippen LogP contribution < -0.4 is 10.5 Å². The van der Waals surface area contributed by atoms with E-state index in [0.717, 1.165) is 21.3 Å². The van der Waals surface area contributed by atoms with Crippen LogP contribution in [0, 0.1) is 6.92 Å². The van der Waals surface area contributed by atoms with Gasteiger partial charge >= 0.3 is 0 Å². The molecule has 6 heteroatoms. The summed E-state index contributed by atoms with van der Waals surface area (Å²) in [6.45, 7) is 3.99. The molecule has 0 radical (unpaired) electrons. The summed E-state index contributed by atoms with van der Waals surface area (Å²) in [5, 5.41) is 8.51. The highest BCUT2D eigenvalue weighted by Crippen LogP contribution is 2.24. The third kappa shape index (κ3) is 4.06. The van der Waals surface area contributed by atoms with Crippen LogP contribution in [0.1, 0.15) is 24.1 Å². The highest BCUT2D eigenvalue weighted by Gasteiger charge is 2.11. The predicted octanol–water partition coefficient (Wildman–Crippen LogP) is 3.58. The lowest BCUT2D eigenvalue weighted by atomic mass is 10.1. The van der Waals surface area contributed by atoms with Gasteiger partial charge in [-0.1, -0.05) is 28.1 Å². The zero-order valence-corrected chi connectivity index (χ0v) is 14.2. The van der Waals surface area contributed by atoms with Crippen LogP contribution in [0.3, 0.4) is 0 Å². The van der Waals surface area contributed by atoms with Crippen molar-refractivity contribution in [1.29, 1.82) is 0 Å². The number of sulfonamides is 1. The Hall–Kier alpha value is -1.37. The smallest absolute Gasteiger partial charge is 0.238 e. The second kappa shape index (κ2) is 6.17. The first-order valence-electron chi connectivity index (χ1n) is 6.43. The van der Waals surface area contributed by atoms with Crippen LogP contribution in [0.15, 0.2) is 51.8 Å². The Labute approximate surface area is 133 Å². The molecule has 0 bridgehead atoms. The Morgan fingerprint density at radius 1 is 1.19 bits per heavy atom. The van der Waals surface area contributed by atoms with E-state index < -0.39 is 10.0 Å². The van der Waals surface area contributed by atoms with E-state index in [9.17, 15) is 8.42 Å². The first kappa shape index (κ1) is 16.0. The van der Waals surface area contributed by atoms with Gasteiger partial charge in [0.1, 0.15) is 0 Å². The molecule has 1 unspecified atom stereocenters. The fourth-order valence-electron chi connectivity index (χ4n) is 2.03. The summed E-state index contributed by atoms with van der Waals surface area (Å²) < 4.78 is 23.9. The standard InChI is InChI=1S/C15H17BrN2O2S/c1-10-8-13(6-7-15(10)16)18-11(2)12-4-3-5-14(9-12)21(17,19)20/h3-9,11,18H,1-2H3,(H2,17,19,20). The van der Waals surface area contributed by atoms with Crippen molar-refractivity contribution in [2.24, 2.45) is 5.14 Å². The van der Waals surface area contributed by atoms with Gasteiger partial charge in [0, 0.05) is 16.2 Å². The van der Waals surface area contributed by atoms with Crippen molar-refractivity contribution in [3.63, 3.8) is 0 Å². The number of hydrogen-bond donors (Lipinski definition) is 2. The average molecular weight is 369 g/mol. The van der Waals surface area contributed by atoms with E-state index >= 15 is 0 Å². The Morgan fingerprint density at radius 3 is 2.52 bits per heavy atom. The Balaban J connectivity index is 2.24. The van der Waals surface area contributed by atoms with Gasteiger partial charge in [-0.05, 0) is 55.3 Å². The minimum atomic E-state index is -3.68. The number of rotatable bonds is 4. The molecule has 1 atom stereocenters. The highest BCUT2D eigenvalue weighted by atomic mass is 79.9. The summed E-state index contributed by atoms with van der Waals surface area (Å²) in [5.74, 6) is 0. The average Bonchev–Trinajstić information content (AvgIpc) is 2.42. The van der Waals surface area contributed by atoms with Crippen LogP contribution in [-0.4, -0.2) is 8.42 Å². The van der Waals surface area contributed by atoms with Gasteiger partial charge in [-0.2, -0.15) is 0 Å². The molecule has 0 aliphatic carbocycles. The molecular weight excluding hydrogens is 352 g/mol. The number of benzene rings is 2. The number of aryl methyl sites for hydroxylation is 1. The van der Waals surface area contributed by atoms with E-state index in [1.807, 2.05) is 38.1 Å². The van der Waals surface area contributed by atoms with Crippen LogP contribution >= 0.6 is 15.9 Å². The monoisotopic (exact) mass is 368 g/mol. The minimum absolute atomic E-state index is 0.0349. The van der Waals surface area contributed by atoms with E-state index in [4.69, 9.17) is 5.14 Å². The molecule has 0 fully saturated rings. The van der Waals surface area contributed by atoms with E-state index in [2.05, 4.69) is 21.2 Å². The molecule has 2 rings (SSSR count). The highest BCUT2D eigenvalue weighted by molar-refractivity contribution is 9.10. The van der Waals surface area contributed by atoms with Crippen LogP contribution in [0.5, 0.6) is 0 Å². The van der Waals surface area contributed by atoms with Crippen molar-refractivity contribution < 1.29 is 8.42 Å². The van der Waals surface area contributed by atoms with Crippen molar-refractivity contribution >= 4 is 31.6 Å². The van der Waals surface area contributed by atoms with Gasteiger partial charge in [-0.15, -0.1) is 0 Å². The molecule has 3 N–H and O–H groups in total. The van der Waals surface area contributed by atoms with Crippen molar-refractivity contribution in [1.82, 2.24) is 0 Å². The number of primary sulfonamides is 1. The molecule has 0 saturated heterocycles. The van der Waals surface area contributed by atoms with E-state index in [1.165, 1.54) is 6.07 Å². The van der Waals surface area contributed by atoms with Crippen LogP contribution in [0.4, 0.5) is 5.69 Å². The molecular formula is C15H17BrN2O2S. The normalized spacial score (nSPS) is 13.0. The lowest BCUT2D eigenvalue weighted by Crippen LogP contribution is -2.13. The molecule has 0 aromatic heterocycles. The first-order valence-corrected chi connectivity index (χ1v) is 8.77. The largest absolute Gasteiger partial charge is 0.379 e. The van der Waals surface area contributed by atoms with Gasteiger partial charge in [0.2, 0.25) is 10.0 Å². The summed E-state index contributed by atoms with van der Waals surface area (Å²) in [6.07, 6.45) is 0. The minimum Gasteiger partial charge on any atom is -0.379 e. The molecule has 0 heterocycles. The zero-order chi connectivity index (χ0) is 15.6. The molecule has 2 aromatic carbocycles. The van der Waals surface area contributed by atoms with Crippen LogP contribution in [-0.2, 0) is 10.0 Å². The summed E-state index contributed by atoms with van der Waals surface area (Å²) >= 11 is 3.46. The van der Waals surface area contributed by atoms with E-state index in [-0.39, 0.29) is 10.9 Å². The second-order valence-corrected chi connectivity index (χ2v) is 7.36. The van der Waals surface area contributed by atoms with Crippen molar-refractivity contribution in [3.8, 4) is 0 Å². The number of nitrogens with two attached hydrogens (primary N) is 1. The number of hydrogen-bond acceptors (Lipinski definition) is 3. The Kier molecular flexibility index (Phi) is 4.70. The SMILES string of the molecule is Cc1cc(NC(C)c2cccc(S(N)(=O)=O)c2)ccc1Br. The fourth-order valence-corrected chi connectivity index (χ4v) is 2.84. The molecule has 0 aliphatic heterocycles. The molecule has 0 amide bonds. The summed E-state index contributed by atoms with van der Waals surface area (Å²) in [5.41, 5.74) is 2.97. The second-order valence-electron chi connectivity index (χ2n) is 4.95. The van der Waals surface area contributed by atoms with Gasteiger partial charge in [-0.3, -0.25) is 0 Å². The van der Waals surface area contributed by atoms with Crippen molar-refractivity contribution in [2.75, 3.05) is 5.32 Å². The molecule has 2 aromatic rings. The van der Waals surface area contributed by atoms with Crippen molar-refractivity contribution in [2.45, 2.75) is 24.8 Å². The maximum absolute atomic E-state index is 11.4. The quantitative estimate of drug-likeness (QED) is 0.865. The maximum atomic E-state index is 11.4. The van der Waals surface area contributed by atoms with Crippen LogP contribution in [0.2, 0.25) is 0 Å². The molecule has 0 saturated carbocycles. The number of halogens is 1. The topological polar surface area (TPSA) is 72.2 Å². The lowest BCUT2D eigenvalue weighted by Gasteiger charge is -2.17. The fraction of sp³-hybridized carbons (Fsp3) is 0.200.